The third kappa shape index (κ3) is 5.18. The Morgan fingerprint density at radius 3 is 2.53 bits per heavy atom. The molecule has 4 aromatic rings. The molecule has 0 bridgehead atoms. The number of Topliss-reactive ketones (excluding diaryl/α,β-unsaturated/α-hetero) is 1. The van der Waals surface area contributed by atoms with Crippen LogP contribution in [0.15, 0.2) is 82.7 Å². The molecule has 38 heavy (non-hydrogen) atoms. The maximum atomic E-state index is 13.4. The van der Waals surface area contributed by atoms with Crippen LogP contribution in [0, 0.1) is 6.92 Å². The lowest BCUT2D eigenvalue weighted by molar-refractivity contribution is -0.132. The van der Waals surface area contributed by atoms with Crippen LogP contribution in [0.2, 0.25) is 5.02 Å². The average molecular weight is 564 g/mol. The maximum absolute atomic E-state index is 13.4. The molecule has 1 saturated heterocycles. The summed E-state index contributed by atoms with van der Waals surface area (Å²) in [5, 5.41) is 20.5. The molecule has 10 heteroatoms. The fourth-order valence-corrected chi connectivity index (χ4v) is 6.06. The highest BCUT2D eigenvalue weighted by molar-refractivity contribution is 8.00. The van der Waals surface area contributed by atoms with Gasteiger partial charge in [-0.25, -0.2) is 0 Å². The van der Waals surface area contributed by atoms with Crippen LogP contribution in [0.5, 0.6) is 5.75 Å². The van der Waals surface area contributed by atoms with Gasteiger partial charge in [0.1, 0.15) is 11.5 Å². The van der Waals surface area contributed by atoms with E-state index in [1.165, 1.54) is 40.7 Å². The van der Waals surface area contributed by atoms with E-state index < -0.39 is 17.7 Å². The van der Waals surface area contributed by atoms with Gasteiger partial charge in [-0.05, 0) is 54.4 Å². The van der Waals surface area contributed by atoms with Gasteiger partial charge in [-0.3, -0.25) is 14.5 Å². The van der Waals surface area contributed by atoms with Gasteiger partial charge in [0, 0.05) is 16.3 Å². The molecular weight excluding hydrogens is 542 g/mol. The second-order valence-electron chi connectivity index (χ2n) is 8.58. The molecule has 1 N–H and O–H groups in total. The van der Waals surface area contributed by atoms with Crippen molar-refractivity contribution in [2.45, 2.75) is 23.1 Å². The Morgan fingerprint density at radius 2 is 1.82 bits per heavy atom. The van der Waals surface area contributed by atoms with Crippen LogP contribution in [-0.2, 0) is 15.3 Å². The van der Waals surface area contributed by atoms with E-state index in [2.05, 4.69) is 34.5 Å². The number of thioether (sulfide) groups is 1. The van der Waals surface area contributed by atoms with Crippen LogP contribution in [-0.4, -0.2) is 34.1 Å². The van der Waals surface area contributed by atoms with Gasteiger partial charge in [-0.2, -0.15) is 0 Å². The lowest BCUT2D eigenvalue weighted by atomic mass is 9.95. The van der Waals surface area contributed by atoms with E-state index in [0.717, 1.165) is 5.56 Å². The van der Waals surface area contributed by atoms with E-state index in [-0.39, 0.29) is 16.5 Å². The zero-order valence-electron chi connectivity index (χ0n) is 20.4. The molecule has 1 unspecified atom stereocenters. The van der Waals surface area contributed by atoms with E-state index in [1.54, 1.807) is 48.5 Å². The molecule has 0 saturated carbocycles. The number of aliphatic hydroxyl groups is 1. The highest BCUT2D eigenvalue weighted by Crippen LogP contribution is 2.44. The summed E-state index contributed by atoms with van der Waals surface area (Å²) in [6, 6.07) is 20.7. The summed E-state index contributed by atoms with van der Waals surface area (Å²) >= 11 is 8.72. The summed E-state index contributed by atoms with van der Waals surface area (Å²) in [7, 11) is 1.53. The number of rotatable bonds is 7. The number of methoxy groups -OCH3 is 1. The Balaban J connectivity index is 1.54. The van der Waals surface area contributed by atoms with Crippen LogP contribution < -0.4 is 9.64 Å². The first-order valence-electron chi connectivity index (χ1n) is 11.6. The van der Waals surface area contributed by atoms with Crippen LogP contribution in [0.4, 0.5) is 5.13 Å². The van der Waals surface area contributed by atoms with E-state index >= 15 is 0 Å². The number of aliphatic hydroxyl groups excluding tert-OH is 1. The molecule has 1 aromatic heterocycles. The molecule has 5 rings (SSSR count). The topological polar surface area (TPSA) is 92.6 Å². The van der Waals surface area contributed by atoms with E-state index in [4.69, 9.17) is 16.3 Å². The third-order valence-electron chi connectivity index (χ3n) is 6.06. The smallest absolute Gasteiger partial charge is 0.301 e. The van der Waals surface area contributed by atoms with Crippen molar-refractivity contribution in [3.8, 4) is 5.75 Å². The normalized spacial score (nSPS) is 16.7. The molecule has 1 atom stereocenters. The largest absolute Gasteiger partial charge is 0.507 e. The predicted octanol–water partition coefficient (Wildman–Crippen LogP) is 6.43. The van der Waals surface area contributed by atoms with Crippen molar-refractivity contribution in [2.75, 3.05) is 12.0 Å². The summed E-state index contributed by atoms with van der Waals surface area (Å²) in [4.78, 5) is 28.0. The van der Waals surface area contributed by atoms with Crippen molar-refractivity contribution in [3.05, 3.63) is 106 Å². The van der Waals surface area contributed by atoms with Gasteiger partial charge in [-0.15, -0.1) is 10.2 Å². The van der Waals surface area contributed by atoms with Gasteiger partial charge < -0.3 is 9.84 Å². The van der Waals surface area contributed by atoms with Crippen molar-refractivity contribution in [1.82, 2.24) is 10.2 Å². The number of aryl methyl sites for hydroxylation is 1. The van der Waals surface area contributed by atoms with Crippen LogP contribution in [0.3, 0.4) is 0 Å². The minimum atomic E-state index is -0.927. The molecule has 7 nitrogen and oxygen atoms in total. The maximum Gasteiger partial charge on any atom is 0.301 e. The van der Waals surface area contributed by atoms with E-state index in [0.29, 0.717) is 32.0 Å². The molecule has 1 aliphatic heterocycles. The Kier molecular flexibility index (Phi) is 7.51. The van der Waals surface area contributed by atoms with Gasteiger partial charge in [0.05, 0.1) is 18.7 Å². The van der Waals surface area contributed by atoms with Crippen LogP contribution in [0.1, 0.15) is 28.3 Å². The number of hydrogen-bond acceptors (Lipinski definition) is 8. The first kappa shape index (κ1) is 26.0. The minimum Gasteiger partial charge on any atom is -0.507 e. The highest BCUT2D eigenvalue weighted by atomic mass is 35.5. The number of aromatic nitrogens is 2. The Bertz CT molecular complexity index is 1530. The summed E-state index contributed by atoms with van der Waals surface area (Å²) in [6.45, 7) is 2.04. The third-order valence-corrected chi connectivity index (χ3v) is 8.44. The average Bonchev–Trinajstić information content (AvgIpc) is 3.50. The number of benzene rings is 3. The first-order valence-corrected chi connectivity index (χ1v) is 13.8. The standard InChI is InChI=1S/C28H22ClN3O4S2/c1-16-6-8-17(9-7-16)15-37-28-31-30-27(38-28)32-23(19-4-3-5-21(14-19)36-2)22(25(34)26(32)35)24(33)18-10-12-20(29)13-11-18/h3-14,23,33H,15H2,1-2H3/b24-22-. The van der Waals surface area contributed by atoms with Crippen LogP contribution in [0.25, 0.3) is 5.76 Å². The summed E-state index contributed by atoms with van der Waals surface area (Å²) in [5.41, 5.74) is 3.23. The minimum absolute atomic E-state index is 0.0466. The highest BCUT2D eigenvalue weighted by Gasteiger charge is 2.48. The molecule has 0 radical (unpaired) electrons. The molecular formula is C28H22ClN3O4S2. The zero-order valence-corrected chi connectivity index (χ0v) is 22.8. The van der Waals surface area contributed by atoms with Gasteiger partial charge in [0.2, 0.25) is 5.13 Å². The second-order valence-corrected chi connectivity index (χ2v) is 11.2. The van der Waals surface area contributed by atoms with E-state index in [1.807, 2.05) is 6.92 Å². The van der Waals surface area contributed by atoms with E-state index in [9.17, 15) is 14.7 Å². The second kappa shape index (κ2) is 11.0. The number of hydrogen-bond donors (Lipinski definition) is 1. The Hall–Kier alpha value is -3.66. The number of halogens is 1. The van der Waals surface area contributed by atoms with Crippen molar-refractivity contribution in [3.63, 3.8) is 0 Å². The van der Waals surface area contributed by atoms with Gasteiger partial charge in [0.15, 0.2) is 4.34 Å². The molecule has 192 valence electrons. The lowest BCUT2D eigenvalue weighted by Gasteiger charge is -2.22. The number of amides is 1. The first-order chi connectivity index (χ1) is 18.4. The fraction of sp³-hybridized carbons (Fsp3) is 0.143. The number of nitrogens with zero attached hydrogens (tertiary/aromatic N) is 3. The number of ketones is 1. The summed E-state index contributed by atoms with van der Waals surface area (Å²) in [6.07, 6.45) is 0. The molecule has 0 spiro atoms. The fourth-order valence-electron chi connectivity index (χ4n) is 4.11. The number of carbonyl (C=O) groups is 2. The van der Waals surface area contributed by atoms with Gasteiger partial charge in [0.25, 0.3) is 5.78 Å². The monoisotopic (exact) mass is 563 g/mol. The van der Waals surface area contributed by atoms with Crippen LogP contribution >= 0.6 is 34.7 Å². The Morgan fingerprint density at radius 1 is 1.08 bits per heavy atom. The molecule has 1 fully saturated rings. The molecule has 0 aliphatic carbocycles. The van der Waals surface area contributed by atoms with Gasteiger partial charge in [-0.1, -0.05) is 76.7 Å². The Labute approximate surface area is 232 Å². The van der Waals surface area contributed by atoms with Crippen molar-refractivity contribution in [1.29, 1.82) is 0 Å². The predicted molar refractivity (Wildman–Crippen MR) is 150 cm³/mol. The quantitative estimate of drug-likeness (QED) is 0.0910. The van der Waals surface area contributed by atoms with Gasteiger partial charge >= 0.3 is 5.91 Å². The molecule has 2 heterocycles. The summed E-state index contributed by atoms with van der Waals surface area (Å²) in [5.74, 6) is -0.669. The number of carbonyl (C=O) groups excluding carboxylic acids is 2. The van der Waals surface area contributed by atoms with Crippen molar-refractivity contribution >= 4 is 57.3 Å². The summed E-state index contributed by atoms with van der Waals surface area (Å²) < 4.78 is 6.03. The number of ether oxygens (including phenoxy) is 1. The molecule has 3 aromatic carbocycles. The zero-order chi connectivity index (χ0) is 26.8. The lowest BCUT2D eigenvalue weighted by Crippen LogP contribution is -2.29. The SMILES string of the molecule is COc1cccc(C2/C(=C(/O)c3ccc(Cl)cc3)C(=O)C(=O)N2c2nnc(SCc3ccc(C)cc3)s2)c1. The van der Waals surface area contributed by atoms with Crippen molar-refractivity contribution < 1.29 is 19.4 Å². The van der Waals surface area contributed by atoms with Crippen molar-refractivity contribution in [2.24, 2.45) is 0 Å². The number of anilines is 1. The molecule has 1 amide bonds. The molecule has 1 aliphatic rings.